The Hall–Kier alpha value is -1.28. The maximum atomic E-state index is 5.50. The molecule has 18 heavy (non-hydrogen) atoms. The van der Waals surface area contributed by atoms with E-state index in [1.807, 2.05) is 6.26 Å². The minimum absolute atomic E-state index is 0.312. The molecule has 1 atom stereocenters. The molecule has 98 valence electrons. The summed E-state index contributed by atoms with van der Waals surface area (Å²) in [5, 5.41) is 3.60. The van der Waals surface area contributed by atoms with Crippen molar-refractivity contribution in [1.82, 2.24) is 5.32 Å². The second-order valence-electron chi connectivity index (χ2n) is 4.71. The number of nitrogens with one attached hydrogen (secondary N) is 1. The molecule has 1 heterocycles. The molecule has 2 rings (SSSR count). The molecule has 0 aromatic heterocycles. The molecule has 0 saturated heterocycles. The van der Waals surface area contributed by atoms with Gasteiger partial charge in [0.2, 0.25) is 0 Å². The largest absolute Gasteiger partial charge is 0.501 e. The van der Waals surface area contributed by atoms with Crippen LogP contribution in [0, 0.1) is 0 Å². The van der Waals surface area contributed by atoms with Crippen LogP contribution in [0.2, 0.25) is 0 Å². The Morgan fingerprint density at radius 3 is 2.78 bits per heavy atom. The maximum Gasteiger partial charge on any atom is 0.0876 e. The first-order valence-electron chi connectivity index (χ1n) is 6.98. The summed E-state index contributed by atoms with van der Waals surface area (Å²) < 4.78 is 5.50. The molecule has 1 N–H and O–H groups in total. The van der Waals surface area contributed by atoms with Gasteiger partial charge >= 0.3 is 0 Å². The molecule has 1 aromatic rings. The maximum absolute atomic E-state index is 5.50. The van der Waals surface area contributed by atoms with Crippen molar-refractivity contribution in [3.8, 4) is 0 Å². The fraction of sp³-hybridized carbons (Fsp3) is 0.500. The average molecular weight is 245 g/mol. The smallest absolute Gasteiger partial charge is 0.0876 e. The number of hydrogen-bond donors (Lipinski definition) is 1. The van der Waals surface area contributed by atoms with E-state index in [1.165, 1.54) is 16.7 Å². The number of benzene rings is 1. The number of rotatable bonds is 5. The van der Waals surface area contributed by atoms with E-state index in [2.05, 4.69) is 43.4 Å². The molecular formula is C16H23NO. The van der Waals surface area contributed by atoms with Crippen LogP contribution >= 0.6 is 0 Å². The Bertz CT molecular complexity index is 411. The van der Waals surface area contributed by atoms with Crippen molar-refractivity contribution in [3.63, 3.8) is 0 Å². The van der Waals surface area contributed by atoms with Crippen LogP contribution in [0.5, 0.6) is 0 Å². The van der Waals surface area contributed by atoms with E-state index in [9.17, 15) is 0 Å². The van der Waals surface area contributed by atoms with E-state index in [0.717, 1.165) is 32.4 Å². The van der Waals surface area contributed by atoms with Gasteiger partial charge in [0.05, 0.1) is 18.9 Å². The quantitative estimate of drug-likeness (QED) is 0.856. The van der Waals surface area contributed by atoms with Gasteiger partial charge in [0, 0.05) is 0 Å². The van der Waals surface area contributed by atoms with Crippen LogP contribution in [-0.2, 0) is 11.2 Å². The van der Waals surface area contributed by atoms with Gasteiger partial charge in [-0.05, 0) is 42.5 Å². The van der Waals surface area contributed by atoms with Gasteiger partial charge in [0.25, 0.3) is 0 Å². The molecule has 1 aromatic carbocycles. The van der Waals surface area contributed by atoms with Gasteiger partial charge in [-0.15, -0.1) is 0 Å². The second kappa shape index (κ2) is 6.60. The van der Waals surface area contributed by atoms with Crippen LogP contribution in [0.3, 0.4) is 0 Å². The lowest BCUT2D eigenvalue weighted by atomic mass is 9.91. The number of ether oxygens (including phenoxy) is 1. The zero-order valence-electron chi connectivity index (χ0n) is 11.4. The van der Waals surface area contributed by atoms with Gasteiger partial charge < -0.3 is 10.1 Å². The monoisotopic (exact) mass is 245 g/mol. The average Bonchev–Trinajstić information content (AvgIpc) is 2.46. The summed E-state index contributed by atoms with van der Waals surface area (Å²) in [6.45, 7) is 6.21. The van der Waals surface area contributed by atoms with E-state index in [0.29, 0.717) is 6.04 Å². The zero-order valence-corrected chi connectivity index (χ0v) is 11.4. The predicted molar refractivity (Wildman–Crippen MR) is 75.5 cm³/mol. The molecule has 0 saturated carbocycles. The standard InChI is InChI=1S/C16H23NO/c1-3-13-8-5-6-10-15(13)16(17-4-2)14-9-7-11-18-12-14/h5-6,8,10,12,16-17H,3-4,7,9,11H2,1-2H3. The first-order valence-corrected chi connectivity index (χ1v) is 6.98. The van der Waals surface area contributed by atoms with E-state index in [4.69, 9.17) is 4.74 Å². The van der Waals surface area contributed by atoms with Crippen molar-refractivity contribution in [2.75, 3.05) is 13.2 Å². The summed E-state index contributed by atoms with van der Waals surface area (Å²) in [4.78, 5) is 0. The highest BCUT2D eigenvalue weighted by Gasteiger charge is 2.19. The van der Waals surface area contributed by atoms with Crippen LogP contribution < -0.4 is 5.32 Å². The van der Waals surface area contributed by atoms with Crippen LogP contribution in [-0.4, -0.2) is 13.2 Å². The topological polar surface area (TPSA) is 21.3 Å². The molecule has 1 aliphatic rings. The lowest BCUT2D eigenvalue weighted by molar-refractivity contribution is 0.219. The highest BCUT2D eigenvalue weighted by atomic mass is 16.5. The van der Waals surface area contributed by atoms with Crippen LogP contribution in [0.15, 0.2) is 36.1 Å². The molecule has 0 radical (unpaired) electrons. The van der Waals surface area contributed by atoms with Gasteiger partial charge in [-0.1, -0.05) is 38.1 Å². The van der Waals surface area contributed by atoms with E-state index in [-0.39, 0.29) is 0 Å². The van der Waals surface area contributed by atoms with E-state index in [1.54, 1.807) is 0 Å². The lowest BCUT2D eigenvalue weighted by Crippen LogP contribution is -2.25. The predicted octanol–water partition coefficient (Wildman–Crippen LogP) is 3.59. The Labute approximate surface area is 110 Å². The number of hydrogen-bond acceptors (Lipinski definition) is 2. The molecule has 1 aliphatic heterocycles. The Kier molecular flexibility index (Phi) is 4.82. The summed E-state index contributed by atoms with van der Waals surface area (Å²) in [5.74, 6) is 0. The molecule has 2 heteroatoms. The third-order valence-electron chi connectivity index (χ3n) is 3.49. The molecular weight excluding hydrogens is 222 g/mol. The minimum Gasteiger partial charge on any atom is -0.501 e. The molecule has 0 amide bonds. The molecule has 0 aliphatic carbocycles. The van der Waals surface area contributed by atoms with Crippen molar-refractivity contribution in [1.29, 1.82) is 0 Å². The summed E-state index contributed by atoms with van der Waals surface area (Å²) in [6, 6.07) is 9.03. The zero-order chi connectivity index (χ0) is 12.8. The fourth-order valence-electron chi connectivity index (χ4n) is 2.58. The van der Waals surface area contributed by atoms with Crippen molar-refractivity contribution in [2.24, 2.45) is 0 Å². The molecule has 0 bridgehead atoms. The summed E-state index contributed by atoms with van der Waals surface area (Å²) >= 11 is 0. The van der Waals surface area contributed by atoms with Gasteiger partial charge in [0.15, 0.2) is 0 Å². The Balaban J connectivity index is 2.31. The highest BCUT2D eigenvalue weighted by Crippen LogP contribution is 2.29. The van der Waals surface area contributed by atoms with Crippen molar-refractivity contribution in [3.05, 3.63) is 47.2 Å². The molecule has 0 fully saturated rings. The summed E-state index contributed by atoms with van der Waals surface area (Å²) in [7, 11) is 0. The number of likely N-dealkylation sites (N-methyl/N-ethyl adjacent to an activating group) is 1. The van der Waals surface area contributed by atoms with Gasteiger partial charge in [-0.25, -0.2) is 0 Å². The lowest BCUT2D eigenvalue weighted by Gasteiger charge is -2.26. The van der Waals surface area contributed by atoms with Crippen LogP contribution in [0.4, 0.5) is 0 Å². The normalized spacial score (nSPS) is 16.9. The van der Waals surface area contributed by atoms with Crippen LogP contribution in [0.1, 0.15) is 43.9 Å². The summed E-state index contributed by atoms with van der Waals surface area (Å²) in [5.41, 5.74) is 4.21. The fourth-order valence-corrected chi connectivity index (χ4v) is 2.58. The van der Waals surface area contributed by atoms with E-state index >= 15 is 0 Å². The molecule has 2 nitrogen and oxygen atoms in total. The Morgan fingerprint density at radius 1 is 1.28 bits per heavy atom. The van der Waals surface area contributed by atoms with E-state index < -0.39 is 0 Å². The van der Waals surface area contributed by atoms with Crippen molar-refractivity contribution in [2.45, 2.75) is 39.2 Å². The van der Waals surface area contributed by atoms with Gasteiger partial charge in [-0.2, -0.15) is 0 Å². The molecule has 0 spiro atoms. The second-order valence-corrected chi connectivity index (χ2v) is 4.71. The van der Waals surface area contributed by atoms with Crippen molar-refractivity contribution >= 4 is 0 Å². The SMILES string of the molecule is CCNC(C1=COCCC1)c1ccccc1CC. The number of aryl methyl sites for hydroxylation is 1. The van der Waals surface area contributed by atoms with Gasteiger partial charge in [-0.3, -0.25) is 0 Å². The first kappa shape index (κ1) is 13.2. The third-order valence-corrected chi connectivity index (χ3v) is 3.49. The molecule has 1 unspecified atom stereocenters. The third kappa shape index (κ3) is 2.94. The van der Waals surface area contributed by atoms with Crippen molar-refractivity contribution < 1.29 is 4.74 Å². The van der Waals surface area contributed by atoms with Crippen LogP contribution in [0.25, 0.3) is 0 Å². The van der Waals surface area contributed by atoms with Gasteiger partial charge in [0.1, 0.15) is 0 Å². The first-order chi connectivity index (χ1) is 8.86. The highest BCUT2D eigenvalue weighted by molar-refractivity contribution is 5.35. The summed E-state index contributed by atoms with van der Waals surface area (Å²) in [6.07, 6.45) is 5.30. The minimum atomic E-state index is 0.312. The Morgan fingerprint density at radius 2 is 2.11 bits per heavy atom.